The zero-order chi connectivity index (χ0) is 19.7. The third-order valence-corrected chi connectivity index (χ3v) is 6.08. The number of hydrogen-bond donors (Lipinski definition) is 1. The van der Waals surface area contributed by atoms with Crippen LogP contribution in [0.5, 0.6) is 0 Å². The van der Waals surface area contributed by atoms with Gasteiger partial charge >= 0.3 is 6.03 Å². The minimum Gasteiger partial charge on any atom is -0.333 e. The summed E-state index contributed by atoms with van der Waals surface area (Å²) in [6.07, 6.45) is 5.31. The fraction of sp³-hybridized carbons (Fsp3) is 0.350. The lowest BCUT2D eigenvalue weighted by atomic mass is 9.93. The van der Waals surface area contributed by atoms with Gasteiger partial charge in [0.1, 0.15) is 5.65 Å². The number of nitrogens with zero attached hydrogens (tertiary/aromatic N) is 4. The number of amides is 2. The smallest absolute Gasteiger partial charge is 0.321 e. The number of aryl methyl sites for hydroxylation is 1. The van der Waals surface area contributed by atoms with E-state index in [1.807, 2.05) is 53.1 Å². The summed E-state index contributed by atoms with van der Waals surface area (Å²) < 4.78 is 3.44. The monoisotopic (exact) mass is 397 g/mol. The Morgan fingerprint density at radius 2 is 2.00 bits per heavy atom. The van der Waals surface area contributed by atoms with Crippen molar-refractivity contribution in [1.29, 1.82) is 0 Å². The Labute approximate surface area is 167 Å². The topological polar surface area (TPSA) is 71.6 Å². The molecule has 1 fully saturated rings. The van der Waals surface area contributed by atoms with E-state index in [2.05, 4.69) is 10.4 Å². The molecular formula is C20H23N5O2S. The molecule has 0 radical (unpaired) electrons. The number of aromatic nitrogens is 3. The minimum absolute atomic E-state index is 0.0724. The van der Waals surface area contributed by atoms with Crippen molar-refractivity contribution in [3.05, 3.63) is 58.6 Å². The summed E-state index contributed by atoms with van der Waals surface area (Å²) in [5.74, 6) is 0.251. The summed E-state index contributed by atoms with van der Waals surface area (Å²) in [5.41, 5.74) is 2.50. The van der Waals surface area contributed by atoms with E-state index in [-0.39, 0.29) is 17.5 Å². The summed E-state index contributed by atoms with van der Waals surface area (Å²) in [4.78, 5) is 27.9. The van der Waals surface area contributed by atoms with Crippen LogP contribution in [-0.2, 0) is 7.05 Å². The van der Waals surface area contributed by atoms with Gasteiger partial charge in [-0.15, -0.1) is 11.8 Å². The first-order valence-corrected chi connectivity index (χ1v) is 10.5. The molecule has 28 heavy (non-hydrogen) atoms. The van der Waals surface area contributed by atoms with Crippen LogP contribution in [0.2, 0.25) is 0 Å². The highest BCUT2D eigenvalue weighted by atomic mass is 32.2. The molecule has 0 atom stereocenters. The van der Waals surface area contributed by atoms with Crippen molar-refractivity contribution in [1.82, 2.24) is 19.1 Å². The predicted octanol–water partition coefficient (Wildman–Crippen LogP) is 3.17. The van der Waals surface area contributed by atoms with Crippen LogP contribution < -0.4 is 10.9 Å². The molecule has 3 heterocycles. The number of urea groups is 1. The molecule has 0 unspecified atom stereocenters. The van der Waals surface area contributed by atoms with Crippen LogP contribution in [0.3, 0.4) is 0 Å². The predicted molar refractivity (Wildman–Crippen MR) is 111 cm³/mol. The molecule has 8 heteroatoms. The van der Waals surface area contributed by atoms with Crippen molar-refractivity contribution >= 4 is 29.1 Å². The van der Waals surface area contributed by atoms with Gasteiger partial charge in [0.05, 0.1) is 6.20 Å². The summed E-state index contributed by atoms with van der Waals surface area (Å²) in [5, 5.41) is 7.06. The first-order valence-electron chi connectivity index (χ1n) is 9.30. The van der Waals surface area contributed by atoms with Gasteiger partial charge in [-0.1, -0.05) is 6.07 Å². The van der Waals surface area contributed by atoms with Gasteiger partial charge in [-0.3, -0.25) is 4.79 Å². The highest BCUT2D eigenvalue weighted by molar-refractivity contribution is 7.98. The van der Waals surface area contributed by atoms with E-state index in [1.54, 1.807) is 24.0 Å². The number of hydrogen-bond acceptors (Lipinski definition) is 4. The summed E-state index contributed by atoms with van der Waals surface area (Å²) in [6, 6.07) is 11.3. The summed E-state index contributed by atoms with van der Waals surface area (Å²) in [6.45, 7) is 1.33. The highest BCUT2D eigenvalue weighted by Crippen LogP contribution is 2.28. The Bertz CT molecular complexity index is 1070. The molecule has 0 saturated carbocycles. The van der Waals surface area contributed by atoms with Gasteiger partial charge in [0.25, 0.3) is 5.56 Å². The molecule has 0 spiro atoms. The minimum atomic E-state index is -0.109. The van der Waals surface area contributed by atoms with Crippen molar-refractivity contribution < 1.29 is 4.79 Å². The molecule has 1 aromatic carbocycles. The second-order valence-corrected chi connectivity index (χ2v) is 7.87. The molecule has 2 aromatic heterocycles. The number of nitrogens with one attached hydrogen (secondary N) is 1. The lowest BCUT2D eigenvalue weighted by molar-refractivity contribution is 0.193. The fourth-order valence-electron chi connectivity index (χ4n) is 3.81. The first kappa shape index (κ1) is 18.6. The number of anilines is 1. The molecule has 7 nitrogen and oxygen atoms in total. The first-order chi connectivity index (χ1) is 13.6. The molecule has 1 aliphatic rings. The van der Waals surface area contributed by atoms with Gasteiger partial charge in [-0.2, -0.15) is 9.61 Å². The summed E-state index contributed by atoms with van der Waals surface area (Å²) >= 11 is 1.65. The lowest BCUT2D eigenvalue weighted by Crippen LogP contribution is -2.41. The number of piperidine rings is 1. The zero-order valence-electron chi connectivity index (χ0n) is 16.0. The van der Waals surface area contributed by atoms with E-state index in [9.17, 15) is 9.59 Å². The van der Waals surface area contributed by atoms with Crippen LogP contribution in [0.15, 0.2) is 52.3 Å². The van der Waals surface area contributed by atoms with Crippen LogP contribution in [0, 0.1) is 0 Å². The highest BCUT2D eigenvalue weighted by Gasteiger charge is 2.26. The van der Waals surface area contributed by atoms with Crippen molar-refractivity contribution in [2.75, 3.05) is 24.7 Å². The van der Waals surface area contributed by atoms with Crippen LogP contribution >= 0.6 is 11.8 Å². The fourth-order valence-corrected chi connectivity index (χ4v) is 4.27. The Hall–Kier alpha value is -2.74. The molecule has 0 aliphatic carbocycles. The molecule has 146 valence electrons. The van der Waals surface area contributed by atoms with E-state index in [0.29, 0.717) is 13.1 Å². The Morgan fingerprint density at radius 1 is 1.21 bits per heavy atom. The molecule has 0 bridgehead atoms. The quantitative estimate of drug-likeness (QED) is 0.689. The maximum absolute atomic E-state index is 12.6. The molecule has 2 amide bonds. The average molecular weight is 398 g/mol. The number of carbonyl (C=O) groups is 1. The maximum atomic E-state index is 12.6. The maximum Gasteiger partial charge on any atom is 0.321 e. The number of benzene rings is 1. The van der Waals surface area contributed by atoms with Gasteiger partial charge in [-0.25, -0.2) is 4.79 Å². The number of rotatable bonds is 3. The molecule has 1 aliphatic heterocycles. The normalized spacial score (nSPS) is 15.1. The zero-order valence-corrected chi connectivity index (χ0v) is 16.8. The number of fused-ring (bicyclic) bond motifs is 1. The third kappa shape index (κ3) is 3.52. The second kappa shape index (κ2) is 7.71. The van der Waals surface area contributed by atoms with Crippen molar-refractivity contribution in [3.8, 4) is 0 Å². The van der Waals surface area contributed by atoms with Gasteiger partial charge in [0, 0.05) is 54.5 Å². The van der Waals surface area contributed by atoms with E-state index >= 15 is 0 Å². The van der Waals surface area contributed by atoms with Crippen LogP contribution in [-0.4, -0.2) is 44.5 Å². The van der Waals surface area contributed by atoms with Gasteiger partial charge in [-0.05, 0) is 37.3 Å². The SMILES string of the molecule is CSc1cccc(NC(=O)N2CCC(c3cc(=O)n4nccc4n3C)CC2)c1. The van der Waals surface area contributed by atoms with E-state index < -0.39 is 0 Å². The largest absolute Gasteiger partial charge is 0.333 e. The van der Waals surface area contributed by atoms with E-state index in [1.165, 1.54) is 4.52 Å². The van der Waals surface area contributed by atoms with Crippen LogP contribution in [0.4, 0.5) is 10.5 Å². The lowest BCUT2D eigenvalue weighted by Gasteiger charge is -2.33. The van der Waals surface area contributed by atoms with E-state index in [4.69, 9.17) is 0 Å². The molecule has 1 N–H and O–H groups in total. The van der Waals surface area contributed by atoms with Gasteiger partial charge < -0.3 is 14.8 Å². The molecule has 3 aromatic rings. The summed E-state index contributed by atoms with van der Waals surface area (Å²) in [7, 11) is 1.96. The van der Waals surface area contributed by atoms with Crippen LogP contribution in [0.25, 0.3) is 5.65 Å². The number of likely N-dealkylation sites (tertiary alicyclic amines) is 1. The average Bonchev–Trinajstić information content (AvgIpc) is 3.22. The Kier molecular flexibility index (Phi) is 5.13. The van der Waals surface area contributed by atoms with E-state index in [0.717, 1.165) is 34.8 Å². The van der Waals surface area contributed by atoms with Crippen molar-refractivity contribution in [3.63, 3.8) is 0 Å². The number of thioether (sulfide) groups is 1. The van der Waals surface area contributed by atoms with Crippen molar-refractivity contribution in [2.45, 2.75) is 23.7 Å². The Balaban J connectivity index is 1.44. The standard InChI is InChI=1S/C20H23N5O2S/c1-23-17(13-19(26)25-18(23)6-9-21-25)14-7-10-24(11-8-14)20(27)22-15-4-3-5-16(12-15)28-2/h3-6,9,12-14H,7-8,10-11H2,1-2H3,(H,22,27). The number of carbonyl (C=O) groups excluding carboxylic acids is 1. The molecular weight excluding hydrogens is 374 g/mol. The van der Waals surface area contributed by atoms with Gasteiger partial charge in [0.2, 0.25) is 0 Å². The molecule has 1 saturated heterocycles. The second-order valence-electron chi connectivity index (χ2n) is 6.99. The molecule has 4 rings (SSSR count). The van der Waals surface area contributed by atoms with Gasteiger partial charge in [0.15, 0.2) is 0 Å². The Morgan fingerprint density at radius 3 is 2.75 bits per heavy atom. The van der Waals surface area contributed by atoms with Crippen LogP contribution in [0.1, 0.15) is 24.5 Å². The van der Waals surface area contributed by atoms with Crippen molar-refractivity contribution in [2.24, 2.45) is 7.05 Å². The third-order valence-electron chi connectivity index (χ3n) is 5.36.